The first-order valence-electron chi connectivity index (χ1n) is 10.0. The number of furan rings is 1. The molecule has 2 aromatic rings. The normalized spacial score (nSPS) is 15.9. The summed E-state index contributed by atoms with van der Waals surface area (Å²) in [5.41, 5.74) is 0.386. The van der Waals surface area contributed by atoms with Gasteiger partial charge in [0, 0.05) is 6.42 Å². The molecule has 1 aliphatic heterocycles. The van der Waals surface area contributed by atoms with Gasteiger partial charge in [0.1, 0.15) is 17.6 Å². The molecule has 1 aromatic heterocycles. The fourth-order valence-corrected chi connectivity index (χ4v) is 3.34. The molecule has 1 fully saturated rings. The van der Waals surface area contributed by atoms with Crippen molar-refractivity contribution >= 4 is 29.4 Å². The lowest BCUT2D eigenvalue weighted by Gasteiger charge is -2.26. The first-order chi connectivity index (χ1) is 14.9. The predicted octanol–water partition coefficient (Wildman–Crippen LogP) is 2.59. The second-order valence-electron chi connectivity index (χ2n) is 7.12. The van der Waals surface area contributed by atoms with Gasteiger partial charge in [0.05, 0.1) is 37.9 Å². The molecule has 164 valence electrons. The summed E-state index contributed by atoms with van der Waals surface area (Å²) < 4.78 is 10.8. The van der Waals surface area contributed by atoms with Gasteiger partial charge in [-0.25, -0.2) is 4.90 Å². The van der Waals surface area contributed by atoms with E-state index in [2.05, 4.69) is 0 Å². The standard InChI is InChI=1S/C22H24N2O7/c1-2-11-30-16-7-5-15(6-8-16)24-20(26)13-18(22(24)29)23(14-17-4-3-12-31-17)19(25)9-10-21(27)28/h3-8,12,18H,2,9-11,13-14H2,1H3,(H,27,28)/t18-/m0/s1. The van der Waals surface area contributed by atoms with Crippen LogP contribution in [0.25, 0.3) is 0 Å². The summed E-state index contributed by atoms with van der Waals surface area (Å²) in [7, 11) is 0. The average Bonchev–Trinajstić information content (AvgIpc) is 3.36. The van der Waals surface area contributed by atoms with E-state index in [9.17, 15) is 19.2 Å². The first-order valence-corrected chi connectivity index (χ1v) is 10.0. The Kier molecular flexibility index (Phi) is 7.07. The lowest BCUT2D eigenvalue weighted by molar-refractivity contribution is -0.143. The molecule has 0 saturated carbocycles. The number of amides is 3. The maximum atomic E-state index is 13.1. The summed E-state index contributed by atoms with van der Waals surface area (Å²) in [4.78, 5) is 51.7. The molecule has 1 atom stereocenters. The van der Waals surface area contributed by atoms with Crippen molar-refractivity contribution in [3.63, 3.8) is 0 Å². The predicted molar refractivity (Wildman–Crippen MR) is 109 cm³/mol. The monoisotopic (exact) mass is 428 g/mol. The van der Waals surface area contributed by atoms with Crippen LogP contribution in [0.2, 0.25) is 0 Å². The van der Waals surface area contributed by atoms with E-state index in [1.54, 1.807) is 36.4 Å². The molecule has 0 spiro atoms. The minimum Gasteiger partial charge on any atom is -0.494 e. The van der Waals surface area contributed by atoms with Crippen molar-refractivity contribution in [1.29, 1.82) is 0 Å². The van der Waals surface area contributed by atoms with Crippen LogP contribution in [-0.4, -0.2) is 46.3 Å². The fraction of sp³-hybridized carbons (Fsp3) is 0.364. The number of hydrogen-bond donors (Lipinski definition) is 1. The van der Waals surface area contributed by atoms with Crippen LogP contribution in [0.15, 0.2) is 47.1 Å². The highest BCUT2D eigenvalue weighted by molar-refractivity contribution is 6.23. The third-order valence-corrected chi connectivity index (χ3v) is 4.85. The summed E-state index contributed by atoms with van der Waals surface area (Å²) in [5, 5.41) is 8.90. The molecule has 0 radical (unpaired) electrons. The summed E-state index contributed by atoms with van der Waals surface area (Å²) >= 11 is 0. The summed E-state index contributed by atoms with van der Waals surface area (Å²) in [6, 6.07) is 8.85. The van der Waals surface area contributed by atoms with E-state index in [-0.39, 0.29) is 25.8 Å². The molecule has 3 amide bonds. The molecule has 1 aromatic carbocycles. The lowest BCUT2D eigenvalue weighted by atomic mass is 10.1. The molecule has 1 N–H and O–H groups in total. The molecule has 9 nitrogen and oxygen atoms in total. The molecule has 2 heterocycles. The van der Waals surface area contributed by atoms with E-state index in [1.807, 2.05) is 6.92 Å². The highest BCUT2D eigenvalue weighted by atomic mass is 16.5. The first kappa shape index (κ1) is 22.1. The van der Waals surface area contributed by atoms with Gasteiger partial charge in [0.25, 0.3) is 5.91 Å². The van der Waals surface area contributed by atoms with Crippen LogP contribution in [-0.2, 0) is 25.7 Å². The Hall–Kier alpha value is -3.62. The maximum absolute atomic E-state index is 13.1. The number of aliphatic carboxylic acids is 1. The number of hydrogen-bond acceptors (Lipinski definition) is 6. The van der Waals surface area contributed by atoms with Crippen LogP contribution in [0, 0.1) is 0 Å². The fourth-order valence-electron chi connectivity index (χ4n) is 3.34. The zero-order valence-electron chi connectivity index (χ0n) is 17.2. The van der Waals surface area contributed by atoms with Crippen LogP contribution in [0.1, 0.15) is 38.4 Å². The molecule has 0 aliphatic carbocycles. The van der Waals surface area contributed by atoms with Crippen molar-refractivity contribution in [2.24, 2.45) is 0 Å². The Labute approximate surface area is 179 Å². The lowest BCUT2D eigenvalue weighted by Crippen LogP contribution is -2.45. The quantitative estimate of drug-likeness (QED) is 0.578. The van der Waals surface area contributed by atoms with E-state index in [1.165, 1.54) is 11.2 Å². The highest BCUT2D eigenvalue weighted by Crippen LogP contribution is 2.28. The number of ether oxygens (including phenoxy) is 1. The van der Waals surface area contributed by atoms with E-state index in [4.69, 9.17) is 14.3 Å². The molecular formula is C22H24N2O7. The van der Waals surface area contributed by atoms with Gasteiger partial charge in [-0.3, -0.25) is 19.2 Å². The van der Waals surface area contributed by atoms with Gasteiger partial charge < -0.3 is 19.2 Å². The number of carboxylic acids is 1. The molecule has 31 heavy (non-hydrogen) atoms. The van der Waals surface area contributed by atoms with Crippen molar-refractivity contribution in [1.82, 2.24) is 4.90 Å². The Bertz CT molecular complexity index is 937. The Balaban J connectivity index is 1.80. The number of rotatable bonds is 10. The Morgan fingerprint density at radius 3 is 2.55 bits per heavy atom. The van der Waals surface area contributed by atoms with Gasteiger partial charge in [-0.2, -0.15) is 0 Å². The number of carboxylic acid groups (broad SMARTS) is 1. The smallest absolute Gasteiger partial charge is 0.303 e. The number of nitrogens with zero attached hydrogens (tertiary/aromatic N) is 2. The SMILES string of the molecule is CCCOc1ccc(N2C(=O)C[C@H](N(Cc3ccco3)C(=O)CCC(=O)O)C2=O)cc1. The summed E-state index contributed by atoms with van der Waals surface area (Å²) in [6.07, 6.45) is 1.45. The number of carbonyl (C=O) groups is 4. The van der Waals surface area contributed by atoms with Crippen molar-refractivity contribution in [3.05, 3.63) is 48.4 Å². The van der Waals surface area contributed by atoms with E-state index >= 15 is 0 Å². The van der Waals surface area contributed by atoms with Gasteiger partial charge in [0.15, 0.2) is 0 Å². The molecule has 0 unspecified atom stereocenters. The number of benzene rings is 1. The Morgan fingerprint density at radius 2 is 1.94 bits per heavy atom. The largest absolute Gasteiger partial charge is 0.494 e. The molecular weight excluding hydrogens is 404 g/mol. The molecule has 9 heteroatoms. The van der Waals surface area contributed by atoms with Crippen molar-refractivity contribution < 1.29 is 33.4 Å². The van der Waals surface area contributed by atoms with Gasteiger partial charge in [-0.1, -0.05) is 6.92 Å². The number of carbonyl (C=O) groups excluding carboxylic acids is 3. The van der Waals surface area contributed by atoms with Gasteiger partial charge >= 0.3 is 5.97 Å². The third-order valence-electron chi connectivity index (χ3n) is 4.85. The van der Waals surface area contributed by atoms with Crippen molar-refractivity contribution in [2.75, 3.05) is 11.5 Å². The average molecular weight is 428 g/mol. The van der Waals surface area contributed by atoms with Crippen molar-refractivity contribution in [2.45, 2.75) is 45.2 Å². The van der Waals surface area contributed by atoms with Crippen LogP contribution in [0.3, 0.4) is 0 Å². The topological polar surface area (TPSA) is 117 Å². The minimum absolute atomic E-state index is 0.0349. The minimum atomic E-state index is -1.12. The second-order valence-corrected chi connectivity index (χ2v) is 7.12. The van der Waals surface area contributed by atoms with Crippen LogP contribution < -0.4 is 9.64 Å². The molecule has 0 bridgehead atoms. The summed E-state index contributed by atoms with van der Waals surface area (Å²) in [6.45, 7) is 2.51. The van der Waals surface area contributed by atoms with Crippen molar-refractivity contribution in [3.8, 4) is 5.75 Å². The molecule has 1 aliphatic rings. The maximum Gasteiger partial charge on any atom is 0.303 e. The van der Waals surface area contributed by atoms with E-state index < -0.39 is 29.7 Å². The molecule has 3 rings (SSSR count). The highest BCUT2D eigenvalue weighted by Gasteiger charge is 2.44. The van der Waals surface area contributed by atoms with Gasteiger partial charge in [-0.15, -0.1) is 0 Å². The second kappa shape index (κ2) is 9.92. The third kappa shape index (κ3) is 5.30. The number of anilines is 1. The van der Waals surface area contributed by atoms with E-state index in [0.717, 1.165) is 11.3 Å². The summed E-state index contributed by atoms with van der Waals surface area (Å²) in [5.74, 6) is -1.57. The van der Waals surface area contributed by atoms with Gasteiger partial charge in [-0.05, 0) is 42.8 Å². The Morgan fingerprint density at radius 1 is 1.19 bits per heavy atom. The molecule has 1 saturated heterocycles. The van der Waals surface area contributed by atoms with Crippen LogP contribution in [0.5, 0.6) is 5.75 Å². The van der Waals surface area contributed by atoms with E-state index in [0.29, 0.717) is 23.8 Å². The zero-order chi connectivity index (χ0) is 22.4. The van der Waals surface area contributed by atoms with Gasteiger partial charge in [0.2, 0.25) is 11.8 Å². The zero-order valence-corrected chi connectivity index (χ0v) is 17.2. The van der Waals surface area contributed by atoms with Crippen LogP contribution in [0.4, 0.5) is 5.69 Å². The number of imide groups is 1. The van der Waals surface area contributed by atoms with Crippen LogP contribution >= 0.6 is 0 Å².